The zero-order valence-corrected chi connectivity index (χ0v) is 13.8. The summed E-state index contributed by atoms with van der Waals surface area (Å²) in [6.07, 6.45) is 3.60. The lowest BCUT2D eigenvalue weighted by atomic mass is 10.1. The molecule has 4 nitrogen and oxygen atoms in total. The maximum atomic E-state index is 6.31. The van der Waals surface area contributed by atoms with Crippen LogP contribution in [0.25, 0.3) is 5.69 Å². The van der Waals surface area contributed by atoms with Crippen LogP contribution in [0, 0.1) is 6.92 Å². The topological polar surface area (TPSA) is 34.0 Å². The average Bonchev–Trinajstić information content (AvgIpc) is 3.11. The Balaban J connectivity index is 1.81. The molecule has 0 amide bonds. The summed E-state index contributed by atoms with van der Waals surface area (Å²) in [4.78, 5) is 7.28. The molecule has 1 aromatic carbocycles. The molecule has 5 heteroatoms. The average molecular weight is 317 g/mol. The van der Waals surface area contributed by atoms with E-state index < -0.39 is 0 Å². The number of benzene rings is 1. The van der Waals surface area contributed by atoms with Crippen molar-refractivity contribution in [2.75, 3.05) is 20.1 Å². The van der Waals surface area contributed by atoms with E-state index in [4.69, 9.17) is 21.7 Å². The van der Waals surface area contributed by atoms with Gasteiger partial charge in [0.25, 0.3) is 0 Å². The van der Waals surface area contributed by atoms with Crippen molar-refractivity contribution in [3.05, 3.63) is 40.4 Å². The van der Waals surface area contributed by atoms with E-state index >= 15 is 0 Å². The third-order valence-corrected chi connectivity index (χ3v) is 5.22. The predicted molar refractivity (Wildman–Crippen MR) is 87.9 cm³/mol. The molecule has 116 valence electrons. The van der Waals surface area contributed by atoms with Crippen molar-refractivity contribution in [3.63, 3.8) is 0 Å². The molecule has 0 N–H and O–H groups in total. The fourth-order valence-electron chi connectivity index (χ4n) is 3.27. The van der Waals surface area contributed by atoms with Gasteiger partial charge in [0.05, 0.1) is 5.69 Å². The number of likely N-dealkylation sites (N-methyl/N-ethyl adjacent to an activating group) is 1. The van der Waals surface area contributed by atoms with Crippen LogP contribution in [0.3, 0.4) is 0 Å². The lowest BCUT2D eigenvalue weighted by Gasteiger charge is -2.14. The van der Waals surface area contributed by atoms with Gasteiger partial charge in [-0.25, -0.2) is 9.67 Å². The van der Waals surface area contributed by atoms with Crippen molar-refractivity contribution in [2.24, 2.45) is 0 Å². The van der Waals surface area contributed by atoms with Crippen molar-refractivity contribution in [1.82, 2.24) is 19.7 Å². The molecular weight excluding hydrogens is 296 g/mol. The fourth-order valence-corrected chi connectivity index (χ4v) is 3.44. The van der Waals surface area contributed by atoms with Gasteiger partial charge in [0.2, 0.25) is 0 Å². The molecule has 0 spiro atoms. The second kappa shape index (κ2) is 5.36. The number of likely N-dealkylation sites (tertiary alicyclic amines) is 1. The van der Waals surface area contributed by atoms with Gasteiger partial charge in [-0.3, -0.25) is 0 Å². The van der Waals surface area contributed by atoms with Gasteiger partial charge in [0.1, 0.15) is 5.82 Å². The first-order valence-electron chi connectivity index (χ1n) is 8.04. The Morgan fingerprint density at radius 3 is 2.68 bits per heavy atom. The van der Waals surface area contributed by atoms with Crippen molar-refractivity contribution in [1.29, 1.82) is 0 Å². The summed E-state index contributed by atoms with van der Waals surface area (Å²) in [7, 11) is 2.17. The summed E-state index contributed by atoms with van der Waals surface area (Å²) < 4.78 is 2.05. The molecule has 2 fully saturated rings. The van der Waals surface area contributed by atoms with Gasteiger partial charge in [-0.1, -0.05) is 17.7 Å². The Bertz CT molecular complexity index is 705. The number of hydrogen-bond donors (Lipinski definition) is 0. The normalized spacial score (nSPS) is 22.4. The highest BCUT2D eigenvalue weighted by atomic mass is 35.5. The Labute approximate surface area is 136 Å². The predicted octanol–water partition coefficient (Wildman–Crippen LogP) is 3.53. The molecule has 2 aromatic rings. The molecule has 2 aliphatic rings. The van der Waals surface area contributed by atoms with Crippen molar-refractivity contribution in [3.8, 4) is 5.69 Å². The summed E-state index contributed by atoms with van der Waals surface area (Å²) in [5.74, 6) is 3.16. The molecule has 1 saturated heterocycles. The molecule has 0 bridgehead atoms. The summed E-state index contributed by atoms with van der Waals surface area (Å²) in [6.45, 7) is 4.24. The number of nitrogens with zero attached hydrogens (tertiary/aromatic N) is 4. The molecule has 2 heterocycles. The van der Waals surface area contributed by atoms with Crippen LogP contribution in [0.2, 0.25) is 5.02 Å². The maximum Gasteiger partial charge on any atom is 0.154 e. The Morgan fingerprint density at radius 1 is 1.18 bits per heavy atom. The summed E-state index contributed by atoms with van der Waals surface area (Å²) >= 11 is 6.31. The quantitative estimate of drug-likeness (QED) is 0.868. The fraction of sp³-hybridized carbons (Fsp3) is 0.529. The molecule has 0 unspecified atom stereocenters. The molecule has 1 aromatic heterocycles. The van der Waals surface area contributed by atoms with Gasteiger partial charge in [0.15, 0.2) is 5.82 Å². The van der Waals surface area contributed by atoms with Crippen LogP contribution in [0.4, 0.5) is 0 Å². The summed E-state index contributed by atoms with van der Waals surface area (Å²) in [5, 5.41) is 5.63. The van der Waals surface area contributed by atoms with Crippen LogP contribution in [0.1, 0.15) is 48.3 Å². The number of rotatable bonds is 3. The van der Waals surface area contributed by atoms with Crippen LogP contribution < -0.4 is 0 Å². The Kier molecular flexibility index (Phi) is 3.46. The lowest BCUT2D eigenvalue weighted by Crippen LogP contribution is -2.16. The highest BCUT2D eigenvalue weighted by Crippen LogP contribution is 2.40. The molecule has 4 rings (SSSR count). The second-order valence-corrected chi connectivity index (χ2v) is 7.05. The van der Waals surface area contributed by atoms with Crippen LogP contribution in [0.5, 0.6) is 0 Å². The van der Waals surface area contributed by atoms with E-state index in [9.17, 15) is 0 Å². The second-order valence-electron chi connectivity index (χ2n) is 6.65. The van der Waals surface area contributed by atoms with Gasteiger partial charge in [-0.2, -0.15) is 5.10 Å². The van der Waals surface area contributed by atoms with Crippen LogP contribution in [0.15, 0.2) is 18.2 Å². The third-order valence-electron chi connectivity index (χ3n) is 4.81. The number of aromatic nitrogens is 3. The Morgan fingerprint density at radius 2 is 2.00 bits per heavy atom. The van der Waals surface area contributed by atoms with E-state index in [-0.39, 0.29) is 0 Å². The van der Waals surface area contributed by atoms with E-state index in [2.05, 4.69) is 29.6 Å². The highest BCUT2D eigenvalue weighted by molar-refractivity contribution is 6.31. The first-order chi connectivity index (χ1) is 10.6. The standard InChI is InChI=1S/C17H21ClN4/c1-11-14(18)4-3-5-15(11)22-17(13-8-9-21(2)10-13)19-16(20-22)12-6-7-12/h3-5,12-13H,6-10H2,1-2H3/t13-/m0/s1. The molecular formula is C17H21ClN4. The highest BCUT2D eigenvalue weighted by Gasteiger charge is 2.33. The minimum Gasteiger partial charge on any atom is -0.306 e. The van der Waals surface area contributed by atoms with Gasteiger partial charge in [-0.05, 0) is 57.5 Å². The minimum absolute atomic E-state index is 0.461. The minimum atomic E-state index is 0.461. The first-order valence-corrected chi connectivity index (χ1v) is 8.42. The van der Waals surface area contributed by atoms with Crippen LogP contribution >= 0.6 is 11.6 Å². The molecule has 1 aliphatic carbocycles. The zero-order chi connectivity index (χ0) is 15.3. The molecule has 0 radical (unpaired) electrons. The van der Waals surface area contributed by atoms with Crippen molar-refractivity contribution < 1.29 is 0 Å². The van der Waals surface area contributed by atoms with E-state index in [1.165, 1.54) is 12.8 Å². The van der Waals surface area contributed by atoms with Crippen LogP contribution in [-0.4, -0.2) is 39.8 Å². The van der Waals surface area contributed by atoms with Crippen molar-refractivity contribution in [2.45, 2.75) is 38.0 Å². The summed E-state index contributed by atoms with van der Waals surface area (Å²) in [5.41, 5.74) is 2.14. The largest absolute Gasteiger partial charge is 0.306 e. The maximum absolute atomic E-state index is 6.31. The SMILES string of the molecule is Cc1c(Cl)cccc1-n1nc(C2CC2)nc1[C@H]1CCN(C)C1. The van der Waals surface area contributed by atoms with Crippen molar-refractivity contribution >= 4 is 11.6 Å². The zero-order valence-electron chi connectivity index (χ0n) is 13.1. The van der Waals surface area contributed by atoms with E-state index in [0.29, 0.717) is 11.8 Å². The van der Waals surface area contributed by atoms with E-state index in [0.717, 1.165) is 47.4 Å². The summed E-state index contributed by atoms with van der Waals surface area (Å²) in [6, 6.07) is 6.02. The number of hydrogen-bond acceptors (Lipinski definition) is 3. The Hall–Kier alpha value is -1.39. The van der Waals surface area contributed by atoms with E-state index in [1.807, 2.05) is 12.1 Å². The smallest absolute Gasteiger partial charge is 0.154 e. The lowest BCUT2D eigenvalue weighted by molar-refractivity contribution is 0.409. The molecule has 1 saturated carbocycles. The molecule has 1 aliphatic heterocycles. The molecule has 1 atom stereocenters. The molecule has 22 heavy (non-hydrogen) atoms. The number of halogens is 1. The van der Waals surface area contributed by atoms with Gasteiger partial charge in [0, 0.05) is 23.4 Å². The third kappa shape index (κ3) is 2.44. The van der Waals surface area contributed by atoms with Gasteiger partial charge in [-0.15, -0.1) is 0 Å². The monoisotopic (exact) mass is 316 g/mol. The van der Waals surface area contributed by atoms with Crippen LogP contribution in [-0.2, 0) is 0 Å². The van der Waals surface area contributed by atoms with Gasteiger partial charge >= 0.3 is 0 Å². The van der Waals surface area contributed by atoms with Gasteiger partial charge < -0.3 is 4.90 Å². The van der Waals surface area contributed by atoms with E-state index in [1.54, 1.807) is 0 Å². The first kappa shape index (κ1) is 14.2.